The molecule has 0 bridgehead atoms. The number of benzene rings is 1. The van der Waals surface area contributed by atoms with Crippen LogP contribution >= 0.6 is 0 Å². The first-order chi connectivity index (χ1) is 8.72. The molecule has 0 aromatic heterocycles. The number of Topliss-reactive ketones (excluding diaryl/α,β-unsaturated/α-hetero) is 1. The first kappa shape index (κ1) is 14.2. The lowest BCUT2D eigenvalue weighted by Crippen LogP contribution is -2.33. The van der Waals surface area contributed by atoms with E-state index >= 15 is 0 Å². The number of carbonyl (C=O) groups is 1. The van der Waals surface area contributed by atoms with E-state index in [4.69, 9.17) is 0 Å². The van der Waals surface area contributed by atoms with E-state index in [1.54, 1.807) is 6.92 Å². The molecule has 0 spiro atoms. The summed E-state index contributed by atoms with van der Waals surface area (Å²) < 4.78 is 25.9. The molecule has 1 aromatic carbocycles. The molecule has 1 fully saturated rings. The summed E-state index contributed by atoms with van der Waals surface area (Å²) in [6.45, 7) is 3.47. The van der Waals surface area contributed by atoms with Gasteiger partial charge in [-0.15, -0.1) is 0 Å². The minimum absolute atomic E-state index is 0.101. The van der Waals surface area contributed by atoms with Crippen LogP contribution in [0.4, 0.5) is 0 Å². The zero-order chi connectivity index (χ0) is 14.3. The molecule has 5 nitrogen and oxygen atoms in total. The van der Waals surface area contributed by atoms with Crippen molar-refractivity contribution < 1.29 is 18.3 Å². The molecule has 0 saturated carbocycles. The Labute approximate surface area is 112 Å². The first-order valence-electron chi connectivity index (χ1n) is 6.06. The number of sulfonamides is 1. The Morgan fingerprint density at radius 1 is 1.32 bits per heavy atom. The number of aliphatic hydroxyl groups is 1. The summed E-state index contributed by atoms with van der Waals surface area (Å²) in [4.78, 5) is 11.3. The predicted octanol–water partition coefficient (Wildman–Crippen LogP) is 1.03. The minimum Gasteiger partial charge on any atom is -0.389 e. The molecule has 19 heavy (non-hydrogen) atoms. The van der Waals surface area contributed by atoms with Gasteiger partial charge in [0.15, 0.2) is 5.78 Å². The van der Waals surface area contributed by atoms with Crippen LogP contribution in [0.15, 0.2) is 29.2 Å². The smallest absolute Gasteiger partial charge is 0.243 e. The molecular formula is C13H17NO4S. The Morgan fingerprint density at radius 3 is 2.32 bits per heavy atom. The lowest BCUT2D eigenvalue weighted by Gasteiger charge is -2.19. The molecule has 0 radical (unpaired) electrons. The summed E-state index contributed by atoms with van der Waals surface area (Å²) >= 11 is 0. The average Bonchev–Trinajstić information content (AvgIpc) is 2.70. The van der Waals surface area contributed by atoms with Crippen molar-refractivity contribution in [2.75, 3.05) is 13.1 Å². The molecule has 1 saturated heterocycles. The largest absolute Gasteiger partial charge is 0.389 e. The second-order valence-electron chi connectivity index (χ2n) is 5.17. The zero-order valence-electron chi connectivity index (χ0n) is 11.0. The lowest BCUT2D eigenvalue weighted by molar-refractivity contribution is 0.0762. The molecule has 1 aliphatic rings. The van der Waals surface area contributed by atoms with Crippen molar-refractivity contribution in [3.8, 4) is 0 Å². The van der Waals surface area contributed by atoms with Crippen LogP contribution in [-0.4, -0.2) is 42.3 Å². The molecule has 0 amide bonds. The van der Waals surface area contributed by atoms with E-state index in [0.717, 1.165) is 0 Å². The molecule has 6 heteroatoms. The van der Waals surface area contributed by atoms with Crippen LogP contribution in [0.3, 0.4) is 0 Å². The third-order valence-corrected chi connectivity index (χ3v) is 5.17. The summed E-state index contributed by atoms with van der Waals surface area (Å²) in [6.07, 6.45) is 0.428. The van der Waals surface area contributed by atoms with Gasteiger partial charge in [-0.3, -0.25) is 4.79 Å². The van der Waals surface area contributed by atoms with Crippen LogP contribution in [0.25, 0.3) is 0 Å². The molecule has 1 aliphatic heterocycles. The molecular weight excluding hydrogens is 266 g/mol. The van der Waals surface area contributed by atoms with Gasteiger partial charge in [0.2, 0.25) is 10.0 Å². The lowest BCUT2D eigenvalue weighted by atomic mass is 10.1. The van der Waals surface area contributed by atoms with Crippen molar-refractivity contribution in [1.82, 2.24) is 4.31 Å². The summed E-state index contributed by atoms with van der Waals surface area (Å²) in [5.74, 6) is -0.104. The van der Waals surface area contributed by atoms with Gasteiger partial charge in [-0.1, -0.05) is 12.1 Å². The van der Waals surface area contributed by atoms with E-state index in [0.29, 0.717) is 18.5 Å². The van der Waals surface area contributed by atoms with Crippen LogP contribution in [0.2, 0.25) is 0 Å². The molecule has 1 N–H and O–H groups in total. The van der Waals surface area contributed by atoms with E-state index in [1.165, 1.54) is 35.5 Å². The van der Waals surface area contributed by atoms with Gasteiger partial charge in [0.1, 0.15) is 0 Å². The average molecular weight is 283 g/mol. The molecule has 1 aromatic rings. The number of ketones is 1. The highest BCUT2D eigenvalue weighted by Crippen LogP contribution is 2.26. The Morgan fingerprint density at radius 2 is 1.89 bits per heavy atom. The van der Waals surface area contributed by atoms with Gasteiger partial charge >= 0.3 is 0 Å². The molecule has 2 rings (SSSR count). The van der Waals surface area contributed by atoms with Crippen molar-refractivity contribution >= 4 is 15.8 Å². The highest BCUT2D eigenvalue weighted by molar-refractivity contribution is 7.89. The van der Waals surface area contributed by atoms with E-state index in [9.17, 15) is 18.3 Å². The van der Waals surface area contributed by atoms with Gasteiger partial charge < -0.3 is 5.11 Å². The Bertz CT molecular complexity index is 590. The van der Waals surface area contributed by atoms with Crippen molar-refractivity contribution in [3.05, 3.63) is 29.8 Å². The molecule has 1 heterocycles. The van der Waals surface area contributed by atoms with Gasteiger partial charge in [-0.2, -0.15) is 4.31 Å². The second-order valence-corrected chi connectivity index (χ2v) is 7.10. The topological polar surface area (TPSA) is 74.7 Å². The van der Waals surface area contributed by atoms with Crippen molar-refractivity contribution in [1.29, 1.82) is 0 Å². The van der Waals surface area contributed by atoms with Crippen molar-refractivity contribution in [2.24, 2.45) is 0 Å². The van der Waals surface area contributed by atoms with E-state index < -0.39 is 15.6 Å². The Hall–Kier alpha value is -1.24. The van der Waals surface area contributed by atoms with Crippen molar-refractivity contribution in [2.45, 2.75) is 30.8 Å². The predicted molar refractivity (Wildman–Crippen MR) is 70.4 cm³/mol. The first-order valence-corrected chi connectivity index (χ1v) is 7.50. The van der Waals surface area contributed by atoms with Crippen LogP contribution < -0.4 is 0 Å². The number of rotatable bonds is 3. The number of hydrogen-bond acceptors (Lipinski definition) is 4. The Balaban J connectivity index is 2.28. The highest BCUT2D eigenvalue weighted by atomic mass is 32.2. The van der Waals surface area contributed by atoms with Crippen LogP contribution in [-0.2, 0) is 10.0 Å². The summed E-state index contributed by atoms with van der Waals surface area (Å²) in [7, 11) is -3.59. The van der Waals surface area contributed by atoms with Crippen LogP contribution in [0.5, 0.6) is 0 Å². The Kier molecular flexibility index (Phi) is 3.51. The molecule has 104 valence electrons. The van der Waals surface area contributed by atoms with E-state index in [2.05, 4.69) is 0 Å². The van der Waals surface area contributed by atoms with Crippen molar-refractivity contribution in [3.63, 3.8) is 0 Å². The fourth-order valence-electron chi connectivity index (χ4n) is 2.12. The maximum Gasteiger partial charge on any atom is 0.243 e. The summed E-state index contributed by atoms with van der Waals surface area (Å²) in [5, 5.41) is 9.84. The molecule has 1 unspecified atom stereocenters. The maximum absolute atomic E-state index is 12.3. The zero-order valence-corrected chi connectivity index (χ0v) is 11.8. The van der Waals surface area contributed by atoms with Gasteiger partial charge in [0, 0.05) is 18.7 Å². The molecule has 0 aliphatic carbocycles. The minimum atomic E-state index is -3.59. The van der Waals surface area contributed by atoms with Gasteiger partial charge in [-0.05, 0) is 32.4 Å². The number of β-amino-alcohol motifs (C(OH)–C–C–N with tert-alkyl or cyclic N) is 1. The fourth-order valence-corrected chi connectivity index (χ4v) is 3.68. The standard InChI is InChI=1S/C13H17NO4S/c1-10(15)11-3-5-12(6-4-11)19(17,18)14-8-7-13(2,16)9-14/h3-6,16H,7-9H2,1-2H3. The van der Waals surface area contributed by atoms with Crippen LogP contribution in [0.1, 0.15) is 30.6 Å². The third-order valence-electron chi connectivity index (χ3n) is 3.32. The molecule has 1 atom stereocenters. The monoisotopic (exact) mass is 283 g/mol. The SMILES string of the molecule is CC(=O)c1ccc(S(=O)(=O)N2CCC(C)(O)C2)cc1. The third kappa shape index (κ3) is 2.86. The number of carbonyl (C=O) groups excluding carboxylic acids is 1. The number of nitrogens with zero attached hydrogens (tertiary/aromatic N) is 1. The van der Waals surface area contributed by atoms with Gasteiger partial charge in [0.25, 0.3) is 0 Å². The maximum atomic E-state index is 12.3. The van der Waals surface area contributed by atoms with Gasteiger partial charge in [0.05, 0.1) is 10.5 Å². The quantitative estimate of drug-likeness (QED) is 0.841. The summed E-state index contributed by atoms with van der Waals surface area (Å²) in [5.41, 5.74) is -0.487. The normalized spacial score (nSPS) is 24.6. The van der Waals surface area contributed by atoms with Crippen LogP contribution in [0, 0.1) is 0 Å². The second kappa shape index (κ2) is 4.70. The fraction of sp³-hybridized carbons (Fsp3) is 0.462. The highest BCUT2D eigenvalue weighted by Gasteiger charge is 2.38. The van der Waals surface area contributed by atoms with E-state index in [1.807, 2.05) is 0 Å². The van der Waals surface area contributed by atoms with E-state index in [-0.39, 0.29) is 17.2 Å². The van der Waals surface area contributed by atoms with Gasteiger partial charge in [-0.25, -0.2) is 8.42 Å². The number of hydrogen-bond donors (Lipinski definition) is 1. The summed E-state index contributed by atoms with van der Waals surface area (Å²) in [6, 6.07) is 5.87.